The van der Waals surface area contributed by atoms with E-state index in [1.807, 2.05) is 12.1 Å². The van der Waals surface area contributed by atoms with Gasteiger partial charge < -0.3 is 5.73 Å². The third-order valence-electron chi connectivity index (χ3n) is 2.95. The van der Waals surface area contributed by atoms with Crippen LogP contribution in [0.5, 0.6) is 0 Å². The van der Waals surface area contributed by atoms with Gasteiger partial charge in [-0.05, 0) is 42.8 Å². The second kappa shape index (κ2) is 6.13. The van der Waals surface area contributed by atoms with Crippen molar-refractivity contribution in [3.8, 4) is 0 Å². The monoisotopic (exact) mass is 372 g/mol. The lowest BCUT2D eigenvalue weighted by Crippen LogP contribution is -2.27. The van der Waals surface area contributed by atoms with Gasteiger partial charge >= 0.3 is 0 Å². The van der Waals surface area contributed by atoms with Crippen LogP contribution in [0.15, 0.2) is 51.8 Å². The lowest BCUT2D eigenvalue weighted by molar-refractivity contribution is 0.564. The highest BCUT2D eigenvalue weighted by Gasteiger charge is 2.21. The minimum absolute atomic E-state index is 0.00495. The van der Waals surface area contributed by atoms with E-state index in [1.165, 1.54) is 6.07 Å². The van der Waals surface area contributed by atoms with Crippen LogP contribution < -0.4 is 10.5 Å². The maximum Gasteiger partial charge on any atom is 0.243 e. The van der Waals surface area contributed by atoms with Gasteiger partial charge in [0, 0.05) is 10.5 Å². The van der Waals surface area contributed by atoms with Crippen LogP contribution in [0.2, 0.25) is 0 Å². The molecule has 2 aromatic carbocycles. The van der Waals surface area contributed by atoms with Crippen molar-refractivity contribution in [3.63, 3.8) is 0 Å². The van der Waals surface area contributed by atoms with Gasteiger partial charge in [-0.25, -0.2) is 17.5 Å². The van der Waals surface area contributed by atoms with Crippen molar-refractivity contribution in [3.05, 3.63) is 58.3 Å². The summed E-state index contributed by atoms with van der Waals surface area (Å²) in [6.45, 7) is 1.70. The second-order valence-corrected chi connectivity index (χ2v) is 7.18. The van der Waals surface area contributed by atoms with Gasteiger partial charge in [-0.3, -0.25) is 0 Å². The molecule has 0 radical (unpaired) electrons. The predicted molar refractivity (Wildman–Crippen MR) is 83.7 cm³/mol. The van der Waals surface area contributed by atoms with E-state index in [2.05, 4.69) is 20.7 Å². The summed E-state index contributed by atoms with van der Waals surface area (Å²) in [6.07, 6.45) is 0. The average Bonchev–Trinajstić information content (AvgIpc) is 2.41. The Morgan fingerprint density at radius 2 is 1.95 bits per heavy atom. The molecule has 0 bridgehead atoms. The summed E-state index contributed by atoms with van der Waals surface area (Å²) in [7, 11) is -3.90. The molecule has 0 fully saturated rings. The highest BCUT2D eigenvalue weighted by atomic mass is 79.9. The molecule has 0 aliphatic rings. The quantitative estimate of drug-likeness (QED) is 0.809. The van der Waals surface area contributed by atoms with Crippen molar-refractivity contribution < 1.29 is 12.8 Å². The number of sulfonamides is 1. The SMILES string of the molecule is CC(NS(=O)(=O)c1cc(F)ccc1N)c1cccc(Br)c1. The van der Waals surface area contributed by atoms with Crippen molar-refractivity contribution in [1.29, 1.82) is 0 Å². The van der Waals surface area contributed by atoms with Crippen molar-refractivity contribution >= 4 is 31.6 Å². The maximum atomic E-state index is 13.2. The lowest BCUT2D eigenvalue weighted by Gasteiger charge is -2.16. The molecule has 0 aliphatic heterocycles. The van der Waals surface area contributed by atoms with Crippen molar-refractivity contribution in [1.82, 2.24) is 4.72 Å². The van der Waals surface area contributed by atoms with E-state index in [4.69, 9.17) is 5.73 Å². The predicted octanol–water partition coefficient (Wildman–Crippen LogP) is 3.21. The highest BCUT2D eigenvalue weighted by Crippen LogP contribution is 2.23. The number of rotatable bonds is 4. The zero-order valence-electron chi connectivity index (χ0n) is 11.2. The molecule has 2 rings (SSSR count). The number of nitrogen functional groups attached to an aromatic ring is 1. The topological polar surface area (TPSA) is 72.2 Å². The molecular weight excluding hydrogens is 359 g/mol. The molecule has 0 saturated carbocycles. The molecule has 21 heavy (non-hydrogen) atoms. The third-order valence-corrected chi connectivity index (χ3v) is 5.04. The fraction of sp³-hybridized carbons (Fsp3) is 0.143. The molecule has 0 amide bonds. The molecule has 7 heteroatoms. The summed E-state index contributed by atoms with van der Waals surface area (Å²) in [6, 6.07) is 10.0. The Morgan fingerprint density at radius 1 is 1.24 bits per heavy atom. The Kier molecular flexibility index (Phi) is 4.65. The molecule has 3 N–H and O–H groups in total. The highest BCUT2D eigenvalue weighted by molar-refractivity contribution is 9.10. The lowest BCUT2D eigenvalue weighted by atomic mass is 10.1. The molecule has 1 unspecified atom stereocenters. The van der Waals surface area contributed by atoms with E-state index in [0.29, 0.717) is 0 Å². The number of hydrogen-bond acceptors (Lipinski definition) is 3. The van der Waals surface area contributed by atoms with Crippen LogP contribution in [0.1, 0.15) is 18.5 Å². The minimum Gasteiger partial charge on any atom is -0.398 e. The Bertz CT molecular complexity index is 765. The van der Waals surface area contributed by atoms with E-state index < -0.39 is 21.9 Å². The third kappa shape index (κ3) is 3.81. The molecular formula is C14H14BrFN2O2S. The summed E-state index contributed by atoms with van der Waals surface area (Å²) in [4.78, 5) is -0.260. The first-order chi connectivity index (χ1) is 9.79. The van der Waals surface area contributed by atoms with Crippen LogP contribution in [0.4, 0.5) is 10.1 Å². The molecule has 1 atom stereocenters. The summed E-state index contributed by atoms with van der Waals surface area (Å²) < 4.78 is 41.2. The summed E-state index contributed by atoms with van der Waals surface area (Å²) in [5, 5.41) is 0. The van der Waals surface area contributed by atoms with Crippen LogP contribution in [-0.2, 0) is 10.0 Å². The van der Waals surface area contributed by atoms with Gasteiger partial charge in [0.05, 0.1) is 5.69 Å². The number of nitrogens with two attached hydrogens (primary N) is 1. The van der Waals surface area contributed by atoms with E-state index in [0.717, 1.165) is 22.2 Å². The standard InChI is InChI=1S/C14H14BrFN2O2S/c1-9(10-3-2-4-11(15)7-10)18-21(19,20)14-8-12(16)5-6-13(14)17/h2-9,18H,17H2,1H3. The van der Waals surface area contributed by atoms with Crippen molar-refractivity contribution in [2.75, 3.05) is 5.73 Å². The van der Waals surface area contributed by atoms with Gasteiger partial charge in [-0.2, -0.15) is 0 Å². The average molecular weight is 373 g/mol. The molecule has 0 aliphatic carbocycles. The smallest absolute Gasteiger partial charge is 0.243 e. The number of halogens is 2. The minimum atomic E-state index is -3.90. The van der Waals surface area contributed by atoms with Gasteiger partial charge in [0.15, 0.2) is 0 Å². The van der Waals surface area contributed by atoms with E-state index >= 15 is 0 Å². The first-order valence-electron chi connectivity index (χ1n) is 6.12. The number of nitrogens with one attached hydrogen (secondary N) is 1. The van der Waals surface area contributed by atoms with Crippen molar-refractivity contribution in [2.45, 2.75) is 17.9 Å². The molecule has 0 saturated heterocycles. The Hall–Kier alpha value is -1.44. The Balaban J connectivity index is 2.31. The molecule has 112 valence electrons. The van der Waals surface area contributed by atoms with Crippen LogP contribution in [-0.4, -0.2) is 8.42 Å². The van der Waals surface area contributed by atoms with Gasteiger partial charge in [0.1, 0.15) is 10.7 Å². The van der Waals surface area contributed by atoms with Crippen LogP contribution >= 0.6 is 15.9 Å². The Labute approximate surface area is 131 Å². The molecule has 0 heterocycles. The van der Waals surface area contributed by atoms with E-state index in [1.54, 1.807) is 19.1 Å². The van der Waals surface area contributed by atoms with E-state index in [-0.39, 0.29) is 10.6 Å². The summed E-state index contributed by atoms with van der Waals surface area (Å²) in [5.74, 6) is -0.653. The number of hydrogen-bond donors (Lipinski definition) is 2. The molecule has 2 aromatic rings. The molecule has 4 nitrogen and oxygen atoms in total. The maximum absolute atomic E-state index is 13.2. The first-order valence-corrected chi connectivity index (χ1v) is 8.40. The van der Waals surface area contributed by atoms with E-state index in [9.17, 15) is 12.8 Å². The molecule has 0 aromatic heterocycles. The molecule has 0 spiro atoms. The van der Waals surface area contributed by atoms with Gasteiger partial charge in [0.25, 0.3) is 0 Å². The largest absolute Gasteiger partial charge is 0.398 e. The number of benzene rings is 2. The van der Waals surface area contributed by atoms with Crippen LogP contribution in [0.3, 0.4) is 0 Å². The zero-order valence-corrected chi connectivity index (χ0v) is 13.6. The fourth-order valence-corrected chi connectivity index (χ4v) is 3.67. The fourth-order valence-electron chi connectivity index (χ4n) is 1.88. The second-order valence-electron chi connectivity index (χ2n) is 4.58. The van der Waals surface area contributed by atoms with Gasteiger partial charge in [-0.15, -0.1) is 0 Å². The summed E-state index contributed by atoms with van der Waals surface area (Å²) >= 11 is 3.33. The number of anilines is 1. The zero-order chi connectivity index (χ0) is 15.6. The normalized spacial score (nSPS) is 13.1. The summed E-state index contributed by atoms with van der Waals surface area (Å²) in [5.41, 5.74) is 6.41. The van der Waals surface area contributed by atoms with Crippen LogP contribution in [0.25, 0.3) is 0 Å². The van der Waals surface area contributed by atoms with Gasteiger partial charge in [-0.1, -0.05) is 28.1 Å². The Morgan fingerprint density at radius 3 is 2.62 bits per heavy atom. The van der Waals surface area contributed by atoms with Crippen LogP contribution in [0, 0.1) is 5.82 Å². The van der Waals surface area contributed by atoms with Crippen molar-refractivity contribution in [2.24, 2.45) is 0 Å². The van der Waals surface area contributed by atoms with Gasteiger partial charge in [0.2, 0.25) is 10.0 Å². The first kappa shape index (κ1) is 15.9.